The van der Waals surface area contributed by atoms with Crippen molar-refractivity contribution in [1.29, 1.82) is 0 Å². The molecule has 402 valence electrons. The van der Waals surface area contributed by atoms with Gasteiger partial charge in [-0.25, -0.2) is 0 Å². The fraction of sp³-hybridized carbons (Fsp3) is 0.646. The van der Waals surface area contributed by atoms with Crippen LogP contribution in [0.5, 0.6) is 0 Å². The van der Waals surface area contributed by atoms with E-state index < -0.39 is 6.10 Å². The lowest BCUT2D eigenvalue weighted by atomic mass is 10.1. The van der Waals surface area contributed by atoms with Gasteiger partial charge < -0.3 is 14.2 Å². The maximum absolute atomic E-state index is 12.9. The topological polar surface area (TPSA) is 78.9 Å². The minimum Gasteiger partial charge on any atom is -0.462 e. The number of ether oxygens (including phenoxy) is 3. The van der Waals surface area contributed by atoms with Crippen molar-refractivity contribution in [2.45, 2.75) is 258 Å². The first-order valence-electron chi connectivity index (χ1n) is 29.0. The Kier molecular flexibility index (Phi) is 54.9. The molecule has 6 nitrogen and oxygen atoms in total. The van der Waals surface area contributed by atoms with Crippen LogP contribution in [0.4, 0.5) is 0 Å². The maximum atomic E-state index is 12.9. The summed E-state index contributed by atoms with van der Waals surface area (Å²) in [5.74, 6) is -1.04. The lowest BCUT2D eigenvalue weighted by molar-refractivity contribution is -0.167. The molecule has 0 heterocycles. The van der Waals surface area contributed by atoms with E-state index in [2.05, 4.69) is 142 Å². The molecule has 0 aromatic rings. The fourth-order valence-corrected chi connectivity index (χ4v) is 7.58. The zero-order valence-electron chi connectivity index (χ0n) is 45.9. The van der Waals surface area contributed by atoms with Gasteiger partial charge in [0.1, 0.15) is 13.2 Å². The Morgan fingerprint density at radius 1 is 0.296 bits per heavy atom. The number of allylic oxidation sites excluding steroid dienone is 20. The number of hydrogen-bond acceptors (Lipinski definition) is 6. The molecule has 0 bridgehead atoms. The summed E-state index contributed by atoms with van der Waals surface area (Å²) in [4.78, 5) is 38.1. The van der Waals surface area contributed by atoms with Crippen molar-refractivity contribution in [3.8, 4) is 0 Å². The van der Waals surface area contributed by atoms with Crippen molar-refractivity contribution in [2.24, 2.45) is 0 Å². The number of rotatable bonds is 51. The van der Waals surface area contributed by atoms with Crippen molar-refractivity contribution in [2.75, 3.05) is 13.2 Å². The Morgan fingerprint density at radius 2 is 0.563 bits per heavy atom. The Hall–Kier alpha value is -4.19. The minimum atomic E-state index is -0.828. The predicted molar refractivity (Wildman–Crippen MR) is 306 cm³/mol. The van der Waals surface area contributed by atoms with Crippen LogP contribution in [-0.2, 0) is 28.6 Å². The lowest BCUT2D eigenvalue weighted by Crippen LogP contribution is -2.30. The van der Waals surface area contributed by atoms with Crippen LogP contribution < -0.4 is 0 Å². The molecule has 0 aromatic carbocycles. The summed E-state index contributed by atoms with van der Waals surface area (Å²) in [6.45, 7) is 6.40. The molecular weight excluding hydrogens is 877 g/mol. The van der Waals surface area contributed by atoms with E-state index in [0.29, 0.717) is 19.3 Å². The van der Waals surface area contributed by atoms with Crippen LogP contribution in [-0.4, -0.2) is 37.2 Å². The molecule has 0 aliphatic heterocycles. The summed E-state index contributed by atoms with van der Waals surface area (Å²) >= 11 is 0. The molecule has 6 heteroatoms. The van der Waals surface area contributed by atoms with E-state index in [1.165, 1.54) is 116 Å². The van der Waals surface area contributed by atoms with Crippen LogP contribution in [0.2, 0.25) is 0 Å². The van der Waals surface area contributed by atoms with Crippen molar-refractivity contribution in [3.05, 3.63) is 122 Å². The van der Waals surface area contributed by atoms with Gasteiger partial charge in [0.2, 0.25) is 0 Å². The number of carbonyl (C=O) groups is 3. The largest absolute Gasteiger partial charge is 0.462 e. The highest BCUT2D eigenvalue weighted by atomic mass is 16.6. The zero-order valence-corrected chi connectivity index (χ0v) is 45.9. The van der Waals surface area contributed by atoms with E-state index in [4.69, 9.17) is 14.2 Å². The molecule has 0 aliphatic carbocycles. The summed E-state index contributed by atoms with van der Waals surface area (Å²) in [5.41, 5.74) is 0. The van der Waals surface area contributed by atoms with Crippen molar-refractivity contribution in [3.63, 3.8) is 0 Å². The summed E-state index contributed by atoms with van der Waals surface area (Å²) in [6, 6.07) is 0. The highest BCUT2D eigenvalue weighted by Crippen LogP contribution is 2.14. The molecule has 0 fully saturated rings. The molecular formula is C65H106O6. The summed E-state index contributed by atoms with van der Waals surface area (Å²) < 4.78 is 16.8. The van der Waals surface area contributed by atoms with Gasteiger partial charge >= 0.3 is 17.9 Å². The molecule has 0 rings (SSSR count). The molecule has 0 radical (unpaired) electrons. The minimum absolute atomic E-state index is 0.127. The molecule has 0 aliphatic rings. The van der Waals surface area contributed by atoms with Gasteiger partial charge in [0.15, 0.2) is 6.10 Å². The smallest absolute Gasteiger partial charge is 0.306 e. The molecule has 0 unspecified atom stereocenters. The highest BCUT2D eigenvalue weighted by molar-refractivity contribution is 5.71. The van der Waals surface area contributed by atoms with E-state index in [1.807, 2.05) is 0 Å². The Labute approximate surface area is 437 Å². The number of esters is 3. The van der Waals surface area contributed by atoms with Crippen molar-refractivity contribution >= 4 is 17.9 Å². The van der Waals surface area contributed by atoms with Gasteiger partial charge in [-0.15, -0.1) is 0 Å². The van der Waals surface area contributed by atoms with Crippen LogP contribution in [0.3, 0.4) is 0 Å². The first-order chi connectivity index (χ1) is 35.0. The van der Waals surface area contributed by atoms with Crippen LogP contribution in [0.1, 0.15) is 252 Å². The quantitative estimate of drug-likeness (QED) is 0.0261. The van der Waals surface area contributed by atoms with Crippen LogP contribution in [0, 0.1) is 0 Å². The predicted octanol–water partition coefficient (Wildman–Crippen LogP) is 19.6. The van der Waals surface area contributed by atoms with E-state index in [0.717, 1.165) is 83.5 Å². The first kappa shape index (κ1) is 66.8. The molecule has 1 atom stereocenters. The SMILES string of the molecule is CC/C=C\C/C=C\C/C=C\C/C=C\C/C=C\CCCC(=O)OC[C@H](COC(=O)CCC/C=C\C/C=C\C/C=C\C/C=C\CCCCC)OC(=O)CCCCCCCCCCC/C=C\CCCCCCCC. The van der Waals surface area contributed by atoms with Gasteiger partial charge in [0.25, 0.3) is 0 Å². The van der Waals surface area contributed by atoms with Gasteiger partial charge in [-0.2, -0.15) is 0 Å². The van der Waals surface area contributed by atoms with E-state index in [-0.39, 0.29) is 44.0 Å². The Morgan fingerprint density at radius 3 is 0.944 bits per heavy atom. The van der Waals surface area contributed by atoms with Crippen molar-refractivity contribution in [1.82, 2.24) is 0 Å². The second-order valence-electron chi connectivity index (χ2n) is 18.8. The Bertz CT molecular complexity index is 1500. The molecule has 0 amide bonds. The third-order valence-electron chi connectivity index (χ3n) is 11.9. The summed E-state index contributed by atoms with van der Waals surface area (Å²) in [6.07, 6.45) is 80.6. The number of hydrogen-bond donors (Lipinski definition) is 0. The zero-order chi connectivity index (χ0) is 51.4. The average molecular weight is 984 g/mol. The van der Waals surface area contributed by atoms with Gasteiger partial charge in [0, 0.05) is 19.3 Å². The van der Waals surface area contributed by atoms with Gasteiger partial charge in [-0.3, -0.25) is 14.4 Å². The van der Waals surface area contributed by atoms with Gasteiger partial charge in [-0.05, 0) is 122 Å². The molecule has 0 saturated carbocycles. The molecule has 0 saturated heterocycles. The third-order valence-corrected chi connectivity index (χ3v) is 11.9. The molecule has 0 spiro atoms. The van der Waals surface area contributed by atoms with Gasteiger partial charge in [-0.1, -0.05) is 232 Å². The monoisotopic (exact) mass is 983 g/mol. The fourth-order valence-electron chi connectivity index (χ4n) is 7.58. The molecule has 0 N–H and O–H groups in total. The van der Waals surface area contributed by atoms with Crippen LogP contribution in [0.15, 0.2) is 122 Å². The van der Waals surface area contributed by atoms with E-state index in [9.17, 15) is 14.4 Å². The number of unbranched alkanes of at least 4 members (excludes halogenated alkanes) is 20. The molecule has 0 aromatic heterocycles. The molecule has 71 heavy (non-hydrogen) atoms. The second-order valence-corrected chi connectivity index (χ2v) is 18.8. The lowest BCUT2D eigenvalue weighted by Gasteiger charge is -2.18. The first-order valence-corrected chi connectivity index (χ1v) is 29.0. The Balaban J connectivity index is 4.56. The van der Waals surface area contributed by atoms with E-state index >= 15 is 0 Å². The highest BCUT2D eigenvalue weighted by Gasteiger charge is 2.19. The second kappa shape index (κ2) is 58.4. The number of carbonyl (C=O) groups excluding carboxylic acids is 3. The average Bonchev–Trinajstić information content (AvgIpc) is 3.37. The maximum Gasteiger partial charge on any atom is 0.306 e. The normalized spacial score (nSPS) is 13.0. The van der Waals surface area contributed by atoms with Crippen LogP contribution in [0.25, 0.3) is 0 Å². The van der Waals surface area contributed by atoms with Crippen molar-refractivity contribution < 1.29 is 28.6 Å². The van der Waals surface area contributed by atoms with Gasteiger partial charge in [0.05, 0.1) is 0 Å². The van der Waals surface area contributed by atoms with E-state index in [1.54, 1.807) is 0 Å². The summed E-state index contributed by atoms with van der Waals surface area (Å²) in [5, 5.41) is 0. The third kappa shape index (κ3) is 56.6. The summed E-state index contributed by atoms with van der Waals surface area (Å²) in [7, 11) is 0. The van der Waals surface area contributed by atoms with Crippen LogP contribution >= 0.6 is 0 Å². The standard InChI is InChI=1S/C65H106O6/c1-4-7-10-13-16-19-22-25-28-31-32-35-38-41-44-47-50-53-56-59-65(68)71-62(60-69-63(66)57-54-51-48-45-42-39-36-33-29-26-23-20-17-14-11-8-5-2)61-70-64(67)58-55-52-49-46-43-40-37-34-30-27-24-21-18-15-12-9-6-3/h8,11,17-18,20-21,25-30,36-37,39-40,45-46,48-49,62H,4-7,9-10,12-16,19,22-24,31-35,38,41-44,47,50-61H2,1-3H3/b11-8-,20-17-,21-18-,28-25-,29-26-,30-27-,39-36-,40-37-,48-45-,49-46-/t62-/m1/s1.